The van der Waals surface area contributed by atoms with Crippen LogP contribution in [-0.4, -0.2) is 49.6 Å². The zero-order chi connectivity index (χ0) is 21.1. The summed E-state index contributed by atoms with van der Waals surface area (Å²) >= 11 is 15.4. The number of aliphatic carboxylic acids is 1. The molecular weight excluding hydrogens is 479 g/mol. The molecule has 0 aliphatic rings. The van der Waals surface area contributed by atoms with Gasteiger partial charge in [-0.3, -0.25) is 0 Å². The lowest BCUT2D eigenvalue weighted by Crippen LogP contribution is -2.72. The van der Waals surface area contributed by atoms with Crippen LogP contribution >= 0.6 is 46.4 Å². The Hall–Kier alpha value is -0.140. The molecule has 0 bridgehead atoms. The van der Waals surface area contributed by atoms with E-state index in [0.29, 0.717) is 0 Å². The number of rotatable bonds is 7. The van der Waals surface area contributed by atoms with Gasteiger partial charge in [0.2, 0.25) is 0 Å². The van der Waals surface area contributed by atoms with Crippen molar-refractivity contribution in [1.82, 2.24) is 0 Å². The van der Waals surface area contributed by atoms with Gasteiger partial charge in [-0.15, -0.1) is 0 Å². The van der Waals surface area contributed by atoms with Gasteiger partial charge in [0.1, 0.15) is 0 Å². The summed E-state index contributed by atoms with van der Waals surface area (Å²) in [6.45, 7) is 0. The molecule has 0 aromatic carbocycles. The van der Waals surface area contributed by atoms with E-state index in [2.05, 4.69) is 46.4 Å². The molecule has 0 aromatic heterocycles. The summed E-state index contributed by atoms with van der Waals surface area (Å²) in [5.74, 6) is -24.7. The Kier molecular flexibility index (Phi) is 6.16. The van der Waals surface area contributed by atoms with Crippen LogP contribution in [-0.2, 0) is 4.79 Å². The molecule has 0 aliphatic heterocycles. The van der Waals surface area contributed by atoms with Crippen LogP contribution < -0.4 is 0 Å². The molecule has 0 saturated heterocycles. The lowest BCUT2D eigenvalue weighted by Gasteiger charge is -2.43. The molecule has 0 saturated carbocycles. The van der Waals surface area contributed by atoms with E-state index in [4.69, 9.17) is 5.11 Å². The van der Waals surface area contributed by atoms with Gasteiger partial charge in [-0.1, -0.05) is 34.8 Å². The molecular formula is C8HCl4F11O2. The van der Waals surface area contributed by atoms with Gasteiger partial charge in [-0.05, 0) is 11.6 Å². The van der Waals surface area contributed by atoms with E-state index in [1.54, 1.807) is 0 Å². The van der Waals surface area contributed by atoms with Crippen LogP contribution in [0.1, 0.15) is 0 Å². The van der Waals surface area contributed by atoms with Crippen molar-refractivity contribution in [2.45, 2.75) is 38.5 Å². The summed E-state index contributed by atoms with van der Waals surface area (Å²) in [7, 11) is 0. The molecule has 150 valence electrons. The second-order valence-electron chi connectivity index (χ2n) is 4.25. The second kappa shape index (κ2) is 6.20. The molecule has 0 spiro atoms. The Morgan fingerprint density at radius 2 is 0.880 bits per heavy atom. The Labute approximate surface area is 149 Å². The van der Waals surface area contributed by atoms with Crippen LogP contribution in [0.2, 0.25) is 0 Å². The molecule has 0 fully saturated rings. The third-order valence-electron chi connectivity index (χ3n) is 2.60. The Morgan fingerprint density at radius 3 is 1.12 bits per heavy atom. The number of carboxylic acids is 1. The molecule has 0 aromatic rings. The van der Waals surface area contributed by atoms with Crippen LogP contribution in [0.3, 0.4) is 0 Å². The number of carboxylic acid groups (broad SMARTS) is 1. The highest BCUT2D eigenvalue weighted by Crippen LogP contribution is 2.64. The van der Waals surface area contributed by atoms with Gasteiger partial charge in [0.05, 0.1) is 0 Å². The van der Waals surface area contributed by atoms with Crippen LogP contribution in [0.5, 0.6) is 0 Å². The molecule has 0 aliphatic carbocycles. The largest absolute Gasteiger partial charge is 0.477 e. The van der Waals surface area contributed by atoms with Crippen molar-refractivity contribution in [3.05, 3.63) is 0 Å². The summed E-state index contributed by atoms with van der Waals surface area (Å²) in [5.41, 5.74) is 0. The highest BCUT2D eigenvalue weighted by atomic mass is 35.5. The van der Waals surface area contributed by atoms with Crippen molar-refractivity contribution in [1.29, 1.82) is 0 Å². The maximum absolute atomic E-state index is 13.7. The first-order valence-electron chi connectivity index (χ1n) is 5.01. The van der Waals surface area contributed by atoms with Crippen LogP contribution in [0.4, 0.5) is 48.3 Å². The summed E-state index contributed by atoms with van der Waals surface area (Å²) in [6, 6.07) is 0. The predicted octanol–water partition coefficient (Wildman–Crippen LogP) is 5.52. The van der Waals surface area contributed by atoms with E-state index < -0.39 is 44.5 Å². The Morgan fingerprint density at radius 1 is 0.600 bits per heavy atom. The monoisotopic (exact) mass is 478 g/mol. The number of alkyl halides is 15. The Bertz CT molecular complexity index is 543. The van der Waals surface area contributed by atoms with Gasteiger partial charge in [-0.2, -0.15) is 35.1 Å². The summed E-state index contributed by atoms with van der Waals surface area (Å²) < 4.78 is 145. The molecule has 0 amide bonds. The minimum Gasteiger partial charge on any atom is -0.477 e. The van der Waals surface area contributed by atoms with E-state index in [9.17, 15) is 53.1 Å². The van der Waals surface area contributed by atoms with E-state index in [1.807, 2.05) is 0 Å². The standard InChI is InChI=1S/C8HCl4F11O2/c9-3(15,2(13,14)1(24)25)6(18,19)4(10,16)7(20,21)5(11,17)8(12,22)23/h(H,24,25). The molecule has 25 heavy (non-hydrogen) atoms. The smallest absolute Gasteiger partial charge is 0.395 e. The van der Waals surface area contributed by atoms with Crippen molar-refractivity contribution >= 4 is 52.4 Å². The minimum absolute atomic E-state index is 3.76. The fraction of sp³-hybridized carbons (Fsp3) is 0.875. The molecule has 2 nitrogen and oxygen atoms in total. The molecule has 0 heterocycles. The third-order valence-corrected chi connectivity index (χ3v) is 4.38. The van der Waals surface area contributed by atoms with E-state index in [1.165, 1.54) is 0 Å². The zero-order valence-corrected chi connectivity index (χ0v) is 13.5. The average molecular weight is 480 g/mol. The first-order chi connectivity index (χ1) is 10.4. The second-order valence-corrected chi connectivity index (χ2v) is 6.29. The minimum atomic E-state index is -7.23. The molecule has 3 atom stereocenters. The number of hydrogen-bond acceptors (Lipinski definition) is 1. The van der Waals surface area contributed by atoms with Crippen LogP contribution in [0.15, 0.2) is 0 Å². The van der Waals surface area contributed by atoms with Crippen LogP contribution in [0.25, 0.3) is 0 Å². The van der Waals surface area contributed by atoms with Gasteiger partial charge < -0.3 is 5.11 Å². The summed E-state index contributed by atoms with van der Waals surface area (Å²) in [5, 5.41) is -17.9. The Balaban J connectivity index is 6.55. The van der Waals surface area contributed by atoms with E-state index in [-0.39, 0.29) is 0 Å². The molecule has 0 radical (unpaired) electrons. The van der Waals surface area contributed by atoms with Gasteiger partial charge >= 0.3 is 44.5 Å². The van der Waals surface area contributed by atoms with Crippen molar-refractivity contribution in [2.24, 2.45) is 0 Å². The van der Waals surface area contributed by atoms with E-state index >= 15 is 0 Å². The van der Waals surface area contributed by atoms with Crippen molar-refractivity contribution in [3.63, 3.8) is 0 Å². The van der Waals surface area contributed by atoms with Crippen molar-refractivity contribution < 1.29 is 58.2 Å². The first kappa shape index (κ1) is 24.9. The van der Waals surface area contributed by atoms with Gasteiger partial charge in [0.15, 0.2) is 0 Å². The topological polar surface area (TPSA) is 37.3 Å². The van der Waals surface area contributed by atoms with Gasteiger partial charge in [-0.25, -0.2) is 18.0 Å². The number of halogens is 15. The highest BCUT2D eigenvalue weighted by molar-refractivity contribution is 6.34. The lowest BCUT2D eigenvalue weighted by atomic mass is 9.94. The third kappa shape index (κ3) is 3.18. The normalized spacial score (nSPS) is 21.9. The van der Waals surface area contributed by atoms with Gasteiger partial charge in [0, 0.05) is 0 Å². The fourth-order valence-electron chi connectivity index (χ4n) is 1.10. The SMILES string of the molecule is O=C(O)C(F)(F)C(F)(Cl)C(F)(F)C(F)(Cl)C(F)(F)C(F)(Cl)C(F)(F)Cl. The molecule has 17 heteroatoms. The average Bonchev–Trinajstić information content (AvgIpc) is 2.35. The fourth-order valence-corrected chi connectivity index (χ4v) is 1.92. The molecule has 0 rings (SSSR count). The zero-order valence-electron chi connectivity index (χ0n) is 10.5. The highest BCUT2D eigenvalue weighted by Gasteiger charge is 2.90. The van der Waals surface area contributed by atoms with Crippen LogP contribution in [0, 0.1) is 0 Å². The number of hydrogen-bond donors (Lipinski definition) is 1. The number of carbonyl (C=O) groups is 1. The predicted molar refractivity (Wildman–Crippen MR) is 62.4 cm³/mol. The van der Waals surface area contributed by atoms with Crippen molar-refractivity contribution in [3.8, 4) is 0 Å². The summed E-state index contributed by atoms with van der Waals surface area (Å²) in [4.78, 5) is 10.0. The lowest BCUT2D eigenvalue weighted by molar-refractivity contribution is -0.305. The maximum atomic E-state index is 13.7. The first-order valence-corrected chi connectivity index (χ1v) is 6.52. The van der Waals surface area contributed by atoms with Crippen molar-refractivity contribution in [2.75, 3.05) is 0 Å². The quantitative estimate of drug-likeness (QED) is 0.385. The summed E-state index contributed by atoms with van der Waals surface area (Å²) in [6.07, 6.45) is 0. The van der Waals surface area contributed by atoms with Gasteiger partial charge in [0.25, 0.3) is 0 Å². The maximum Gasteiger partial charge on any atom is 0.395 e. The van der Waals surface area contributed by atoms with E-state index in [0.717, 1.165) is 0 Å². The molecule has 1 N–H and O–H groups in total. The molecule has 3 unspecified atom stereocenters.